The van der Waals surface area contributed by atoms with E-state index in [2.05, 4.69) is 10.6 Å². The van der Waals surface area contributed by atoms with E-state index >= 15 is 0 Å². The van der Waals surface area contributed by atoms with Gasteiger partial charge in [0.2, 0.25) is 5.91 Å². The number of nitrogens with two attached hydrogens (primary N) is 1. The third-order valence-corrected chi connectivity index (χ3v) is 5.30. The minimum atomic E-state index is -0.277. The summed E-state index contributed by atoms with van der Waals surface area (Å²) in [5, 5.41) is 5.61. The number of amides is 4. The van der Waals surface area contributed by atoms with Crippen molar-refractivity contribution >= 4 is 35.9 Å². The van der Waals surface area contributed by atoms with E-state index in [0.29, 0.717) is 37.4 Å². The van der Waals surface area contributed by atoms with Gasteiger partial charge in [0, 0.05) is 39.3 Å². The molecule has 0 bridgehead atoms. The Morgan fingerprint density at radius 3 is 2.45 bits per heavy atom. The summed E-state index contributed by atoms with van der Waals surface area (Å²) >= 11 is 0. The molecule has 2 fully saturated rings. The number of nitrogens with one attached hydrogen (secondary N) is 2. The molecule has 29 heavy (non-hydrogen) atoms. The molecule has 1 aromatic rings. The van der Waals surface area contributed by atoms with Crippen molar-refractivity contribution < 1.29 is 14.4 Å². The zero-order valence-corrected chi connectivity index (χ0v) is 17.4. The molecule has 9 heteroatoms. The van der Waals surface area contributed by atoms with E-state index in [1.54, 1.807) is 29.2 Å². The molecule has 2 aliphatic rings. The van der Waals surface area contributed by atoms with Crippen molar-refractivity contribution in [2.45, 2.75) is 25.7 Å². The molecule has 1 atom stereocenters. The predicted molar refractivity (Wildman–Crippen MR) is 114 cm³/mol. The summed E-state index contributed by atoms with van der Waals surface area (Å²) in [4.78, 5) is 41.4. The number of hydrogen-bond acceptors (Lipinski definition) is 4. The molecule has 0 spiro atoms. The highest BCUT2D eigenvalue weighted by molar-refractivity contribution is 6.04. The van der Waals surface area contributed by atoms with E-state index in [1.807, 2.05) is 4.90 Å². The topological polar surface area (TPSA) is 108 Å². The standard InChI is InChI=1S/C20H29N5O3.ClH/c21-9-10-22-19(27)16-7-1-2-8-17(16)23-18(26)15-6-5-13-25(14-15)20(28)24-11-3-4-12-24;/h1-2,7-8,15H,3-6,9-14,21H2,(H,22,27)(H,23,26);1H. The zero-order valence-electron chi connectivity index (χ0n) is 16.6. The van der Waals surface area contributed by atoms with E-state index in [-0.39, 0.29) is 36.2 Å². The molecule has 0 radical (unpaired) electrons. The number of nitrogens with zero attached hydrogens (tertiary/aromatic N) is 2. The molecule has 1 unspecified atom stereocenters. The fraction of sp³-hybridized carbons (Fsp3) is 0.550. The second-order valence-corrected chi connectivity index (χ2v) is 7.34. The Hall–Kier alpha value is -2.32. The summed E-state index contributed by atoms with van der Waals surface area (Å²) in [6.45, 7) is 3.44. The fourth-order valence-electron chi connectivity index (χ4n) is 3.78. The van der Waals surface area contributed by atoms with Gasteiger partial charge in [-0.2, -0.15) is 0 Å². The molecule has 4 N–H and O–H groups in total. The summed E-state index contributed by atoms with van der Waals surface area (Å²) in [5.74, 6) is -0.700. The average molecular weight is 424 g/mol. The third-order valence-electron chi connectivity index (χ3n) is 5.30. The molecule has 0 aliphatic carbocycles. The lowest BCUT2D eigenvalue weighted by atomic mass is 9.97. The molecule has 2 saturated heterocycles. The molecule has 0 aromatic heterocycles. The van der Waals surface area contributed by atoms with Crippen molar-refractivity contribution in [2.75, 3.05) is 44.6 Å². The maximum atomic E-state index is 12.8. The molecule has 1 aromatic carbocycles. The van der Waals surface area contributed by atoms with Crippen molar-refractivity contribution in [2.24, 2.45) is 11.7 Å². The minimum Gasteiger partial charge on any atom is -0.351 e. The third kappa shape index (κ3) is 5.83. The number of likely N-dealkylation sites (tertiary alicyclic amines) is 2. The van der Waals surface area contributed by atoms with E-state index in [4.69, 9.17) is 5.73 Å². The van der Waals surface area contributed by atoms with Crippen LogP contribution in [0.3, 0.4) is 0 Å². The van der Waals surface area contributed by atoms with E-state index in [0.717, 1.165) is 38.8 Å². The average Bonchev–Trinajstić information content (AvgIpc) is 3.27. The molecule has 2 aliphatic heterocycles. The van der Waals surface area contributed by atoms with Crippen molar-refractivity contribution in [1.29, 1.82) is 0 Å². The Morgan fingerprint density at radius 1 is 1.03 bits per heavy atom. The monoisotopic (exact) mass is 423 g/mol. The SMILES string of the molecule is Cl.NCCNC(=O)c1ccccc1NC(=O)C1CCCN(C(=O)N2CCCC2)C1. The van der Waals surface area contributed by atoms with Crippen LogP contribution in [0.4, 0.5) is 10.5 Å². The summed E-state index contributed by atoms with van der Waals surface area (Å²) in [6.07, 6.45) is 3.63. The number of rotatable bonds is 5. The van der Waals surface area contributed by atoms with Gasteiger partial charge in [-0.05, 0) is 37.8 Å². The number of urea groups is 1. The van der Waals surface area contributed by atoms with Gasteiger partial charge in [-0.1, -0.05) is 12.1 Å². The number of halogens is 1. The normalized spacial score (nSPS) is 18.7. The van der Waals surface area contributed by atoms with Gasteiger partial charge in [-0.15, -0.1) is 12.4 Å². The Morgan fingerprint density at radius 2 is 1.72 bits per heavy atom. The van der Waals surface area contributed by atoms with Gasteiger partial charge in [0.15, 0.2) is 0 Å². The summed E-state index contributed by atoms with van der Waals surface area (Å²) < 4.78 is 0. The Bertz CT molecular complexity index is 724. The van der Waals surface area contributed by atoms with Crippen LogP contribution in [-0.2, 0) is 4.79 Å². The molecule has 4 amide bonds. The first kappa shape index (κ1) is 23.0. The van der Waals surface area contributed by atoms with E-state index in [9.17, 15) is 14.4 Å². The van der Waals surface area contributed by atoms with E-state index < -0.39 is 0 Å². The number of benzene rings is 1. The lowest BCUT2D eigenvalue weighted by Crippen LogP contribution is -2.48. The van der Waals surface area contributed by atoms with Crippen molar-refractivity contribution in [1.82, 2.24) is 15.1 Å². The smallest absolute Gasteiger partial charge is 0.320 e. The van der Waals surface area contributed by atoms with Crippen molar-refractivity contribution in [3.05, 3.63) is 29.8 Å². The maximum Gasteiger partial charge on any atom is 0.320 e. The van der Waals surface area contributed by atoms with Crippen LogP contribution in [0.25, 0.3) is 0 Å². The summed E-state index contributed by atoms with van der Waals surface area (Å²) in [7, 11) is 0. The van der Waals surface area contributed by atoms with Crippen molar-refractivity contribution in [3.8, 4) is 0 Å². The molecule has 160 valence electrons. The van der Waals surface area contributed by atoms with Crippen LogP contribution in [0, 0.1) is 5.92 Å². The lowest BCUT2D eigenvalue weighted by molar-refractivity contribution is -0.121. The van der Waals surface area contributed by atoms with Gasteiger partial charge in [-0.3, -0.25) is 9.59 Å². The van der Waals surface area contributed by atoms with Crippen LogP contribution in [0.15, 0.2) is 24.3 Å². The largest absolute Gasteiger partial charge is 0.351 e. The fourth-order valence-corrected chi connectivity index (χ4v) is 3.78. The Kier molecular flexibility index (Phi) is 8.72. The van der Waals surface area contributed by atoms with E-state index in [1.165, 1.54) is 0 Å². The van der Waals surface area contributed by atoms with Crippen LogP contribution in [-0.4, -0.2) is 66.9 Å². The first-order valence-corrected chi connectivity index (χ1v) is 10.0. The van der Waals surface area contributed by atoms with Gasteiger partial charge in [0.05, 0.1) is 17.2 Å². The molecular formula is C20H30ClN5O3. The van der Waals surface area contributed by atoms with Crippen molar-refractivity contribution in [3.63, 3.8) is 0 Å². The molecule has 0 saturated carbocycles. The quantitative estimate of drug-likeness (QED) is 0.669. The second kappa shape index (κ2) is 11.0. The minimum absolute atomic E-state index is 0. The van der Waals surface area contributed by atoms with Gasteiger partial charge in [0.25, 0.3) is 5.91 Å². The first-order valence-electron chi connectivity index (χ1n) is 10.0. The highest BCUT2D eigenvalue weighted by Crippen LogP contribution is 2.22. The van der Waals surface area contributed by atoms with Gasteiger partial charge in [0.1, 0.15) is 0 Å². The lowest BCUT2D eigenvalue weighted by Gasteiger charge is -2.34. The van der Waals surface area contributed by atoms with Crippen LogP contribution < -0.4 is 16.4 Å². The van der Waals surface area contributed by atoms with Crippen LogP contribution >= 0.6 is 12.4 Å². The zero-order chi connectivity index (χ0) is 19.9. The first-order chi connectivity index (χ1) is 13.6. The van der Waals surface area contributed by atoms with Gasteiger partial charge in [-0.25, -0.2) is 4.79 Å². The molecular weight excluding hydrogens is 394 g/mol. The Balaban J connectivity index is 0.00000300. The predicted octanol–water partition coefficient (Wildman–Crippen LogP) is 1.66. The number of piperidine rings is 1. The van der Waals surface area contributed by atoms with Crippen LogP contribution in [0.2, 0.25) is 0 Å². The van der Waals surface area contributed by atoms with Gasteiger partial charge >= 0.3 is 6.03 Å². The molecule has 2 heterocycles. The number of carbonyl (C=O) groups is 3. The highest BCUT2D eigenvalue weighted by atomic mass is 35.5. The molecule has 3 rings (SSSR count). The second-order valence-electron chi connectivity index (χ2n) is 7.34. The van der Waals surface area contributed by atoms with Crippen LogP contribution in [0.1, 0.15) is 36.0 Å². The number of para-hydroxylation sites is 1. The highest BCUT2D eigenvalue weighted by Gasteiger charge is 2.31. The summed E-state index contributed by atoms with van der Waals surface area (Å²) in [5.41, 5.74) is 6.32. The number of carbonyl (C=O) groups excluding carboxylic acids is 3. The van der Waals surface area contributed by atoms with Crippen LogP contribution in [0.5, 0.6) is 0 Å². The number of hydrogen-bond donors (Lipinski definition) is 3. The summed E-state index contributed by atoms with van der Waals surface area (Å²) in [6, 6.07) is 6.96. The molecule has 8 nitrogen and oxygen atoms in total. The maximum absolute atomic E-state index is 12.8. The van der Waals surface area contributed by atoms with Gasteiger partial charge < -0.3 is 26.2 Å². The Labute approximate surface area is 177 Å². The number of anilines is 1.